The highest BCUT2D eigenvalue weighted by Crippen LogP contribution is 2.45. The molecule has 184 valence electrons. The first kappa shape index (κ1) is 23.7. The van der Waals surface area contributed by atoms with Gasteiger partial charge >= 0.3 is 0 Å². The van der Waals surface area contributed by atoms with E-state index in [1.165, 1.54) is 64.7 Å². The molecule has 2 fully saturated rings. The van der Waals surface area contributed by atoms with Gasteiger partial charge in [-0.05, 0) is 111 Å². The minimum absolute atomic E-state index is 0.626. The maximum atomic E-state index is 11.0. The first-order valence-electron chi connectivity index (χ1n) is 13.4. The third-order valence-electron chi connectivity index (χ3n) is 7.60. The van der Waals surface area contributed by atoms with Crippen molar-refractivity contribution in [3.8, 4) is 22.6 Å². The van der Waals surface area contributed by atoms with Gasteiger partial charge in [-0.2, -0.15) is 0 Å². The third-order valence-corrected chi connectivity index (χ3v) is 7.60. The predicted octanol–water partition coefficient (Wildman–Crippen LogP) is 5.26. The van der Waals surface area contributed by atoms with E-state index in [4.69, 9.17) is 9.47 Å². The maximum absolute atomic E-state index is 11.0. The summed E-state index contributed by atoms with van der Waals surface area (Å²) < 4.78 is 12.1. The van der Waals surface area contributed by atoms with Crippen molar-refractivity contribution in [1.82, 2.24) is 9.80 Å². The van der Waals surface area contributed by atoms with Crippen LogP contribution in [0.15, 0.2) is 36.4 Å². The number of rotatable bonds is 10. The Morgan fingerprint density at radius 1 is 0.647 bits per heavy atom. The van der Waals surface area contributed by atoms with E-state index >= 15 is 0 Å². The van der Waals surface area contributed by atoms with Crippen LogP contribution in [-0.4, -0.2) is 67.4 Å². The number of hydrogen-bond donors (Lipinski definition) is 1. The highest BCUT2D eigenvalue weighted by Gasteiger charge is 2.28. The Bertz CT molecular complexity index is 859. The van der Waals surface area contributed by atoms with Crippen LogP contribution in [-0.2, 0) is 0 Å². The van der Waals surface area contributed by atoms with Gasteiger partial charge in [0.2, 0.25) is 0 Å². The molecule has 0 radical (unpaired) electrons. The highest BCUT2D eigenvalue weighted by molar-refractivity contribution is 5.79. The van der Waals surface area contributed by atoms with Crippen molar-refractivity contribution in [2.75, 3.05) is 52.5 Å². The molecule has 5 heteroatoms. The molecule has 1 aliphatic carbocycles. The number of hydrogen-bond acceptors (Lipinski definition) is 5. The predicted molar refractivity (Wildman–Crippen MR) is 137 cm³/mol. The van der Waals surface area contributed by atoms with Crippen molar-refractivity contribution in [2.45, 2.75) is 57.5 Å². The summed E-state index contributed by atoms with van der Waals surface area (Å²) >= 11 is 0. The van der Waals surface area contributed by atoms with E-state index in [1.807, 2.05) is 24.3 Å². The van der Waals surface area contributed by atoms with E-state index in [0.29, 0.717) is 13.2 Å². The number of piperidine rings is 2. The maximum Gasteiger partial charge on any atom is 0.119 e. The minimum Gasteiger partial charge on any atom is -0.494 e. The molecule has 2 aromatic rings. The van der Waals surface area contributed by atoms with Crippen LogP contribution >= 0.6 is 0 Å². The lowest BCUT2D eigenvalue weighted by Gasteiger charge is -2.26. The second-order valence-electron chi connectivity index (χ2n) is 10.1. The first-order valence-corrected chi connectivity index (χ1v) is 13.4. The van der Waals surface area contributed by atoms with Crippen molar-refractivity contribution in [3.05, 3.63) is 47.5 Å². The Morgan fingerprint density at radius 3 is 1.53 bits per heavy atom. The van der Waals surface area contributed by atoms with Crippen LogP contribution < -0.4 is 9.47 Å². The molecule has 0 aromatic heterocycles. The molecule has 34 heavy (non-hydrogen) atoms. The molecule has 5 nitrogen and oxygen atoms in total. The van der Waals surface area contributed by atoms with E-state index < -0.39 is 6.10 Å². The summed E-state index contributed by atoms with van der Waals surface area (Å²) in [4.78, 5) is 5.09. The molecule has 0 bridgehead atoms. The molecule has 2 saturated heterocycles. The van der Waals surface area contributed by atoms with Crippen LogP contribution in [0.25, 0.3) is 11.1 Å². The average Bonchev–Trinajstić information content (AvgIpc) is 3.16. The van der Waals surface area contributed by atoms with E-state index in [9.17, 15) is 5.11 Å². The lowest BCUT2D eigenvalue weighted by Crippen LogP contribution is -2.31. The van der Waals surface area contributed by atoms with Gasteiger partial charge in [0.25, 0.3) is 0 Å². The fourth-order valence-electron chi connectivity index (χ4n) is 5.69. The molecular formula is C29H40N2O3. The van der Waals surface area contributed by atoms with Gasteiger partial charge in [-0.15, -0.1) is 0 Å². The Morgan fingerprint density at radius 2 is 1.09 bits per heavy atom. The standard InChI is InChI=1S/C29H40N2O3/c32-29-27-21-23(33-19-7-17-30-13-3-1-4-14-30)9-11-25(27)26-12-10-24(22-28(26)29)34-20-8-18-31-15-5-2-6-16-31/h9-12,21-22,29,32H,1-8,13-20H2. The summed E-state index contributed by atoms with van der Waals surface area (Å²) in [7, 11) is 0. The SMILES string of the molecule is OC1c2cc(OCCCN3CCCCC3)ccc2-c2ccc(OCCCN3CCCCC3)cc21. The second kappa shape index (κ2) is 11.6. The fourth-order valence-corrected chi connectivity index (χ4v) is 5.69. The van der Waals surface area contributed by atoms with Crippen molar-refractivity contribution < 1.29 is 14.6 Å². The topological polar surface area (TPSA) is 45.2 Å². The average molecular weight is 465 g/mol. The molecule has 0 unspecified atom stereocenters. The van der Waals surface area contributed by atoms with Crippen LogP contribution in [0.1, 0.15) is 68.6 Å². The molecule has 2 aliphatic heterocycles. The van der Waals surface area contributed by atoms with E-state index in [0.717, 1.165) is 59.7 Å². The zero-order valence-electron chi connectivity index (χ0n) is 20.5. The lowest BCUT2D eigenvalue weighted by molar-refractivity contribution is 0.203. The molecule has 5 rings (SSSR count). The zero-order chi connectivity index (χ0) is 23.2. The van der Waals surface area contributed by atoms with Crippen molar-refractivity contribution in [1.29, 1.82) is 0 Å². The lowest BCUT2D eigenvalue weighted by atomic mass is 10.1. The Hall–Kier alpha value is -2.08. The van der Waals surface area contributed by atoms with Gasteiger partial charge in [0.1, 0.15) is 17.6 Å². The van der Waals surface area contributed by atoms with Crippen LogP contribution in [0.3, 0.4) is 0 Å². The Labute approximate surface area is 204 Å². The molecule has 3 aliphatic rings. The number of aliphatic hydroxyl groups excluding tert-OH is 1. The molecule has 0 amide bonds. The van der Waals surface area contributed by atoms with Crippen molar-refractivity contribution in [3.63, 3.8) is 0 Å². The van der Waals surface area contributed by atoms with Crippen LogP contribution in [0, 0.1) is 0 Å². The summed E-state index contributed by atoms with van der Waals surface area (Å²) in [5, 5.41) is 11.0. The van der Waals surface area contributed by atoms with Crippen molar-refractivity contribution in [2.24, 2.45) is 0 Å². The molecule has 0 spiro atoms. The van der Waals surface area contributed by atoms with E-state index in [-0.39, 0.29) is 0 Å². The van der Waals surface area contributed by atoms with E-state index in [2.05, 4.69) is 21.9 Å². The zero-order valence-corrected chi connectivity index (χ0v) is 20.5. The number of fused-ring (bicyclic) bond motifs is 3. The number of nitrogens with zero attached hydrogens (tertiary/aromatic N) is 2. The fraction of sp³-hybridized carbons (Fsp3) is 0.586. The number of aliphatic hydroxyl groups is 1. The van der Waals surface area contributed by atoms with Crippen LogP contribution in [0.2, 0.25) is 0 Å². The summed E-state index contributed by atoms with van der Waals surface area (Å²) in [6, 6.07) is 12.3. The normalized spacial score (nSPS) is 19.1. The summed E-state index contributed by atoms with van der Waals surface area (Å²) in [5.74, 6) is 1.69. The molecular weight excluding hydrogens is 424 g/mol. The van der Waals surface area contributed by atoms with Gasteiger partial charge in [-0.1, -0.05) is 25.0 Å². The van der Waals surface area contributed by atoms with Gasteiger partial charge in [0.15, 0.2) is 0 Å². The largest absolute Gasteiger partial charge is 0.494 e. The number of likely N-dealkylation sites (tertiary alicyclic amines) is 2. The smallest absolute Gasteiger partial charge is 0.119 e. The van der Waals surface area contributed by atoms with Crippen molar-refractivity contribution >= 4 is 0 Å². The molecule has 0 saturated carbocycles. The van der Waals surface area contributed by atoms with Gasteiger partial charge < -0.3 is 24.4 Å². The second-order valence-corrected chi connectivity index (χ2v) is 10.1. The van der Waals surface area contributed by atoms with Gasteiger partial charge in [-0.25, -0.2) is 0 Å². The van der Waals surface area contributed by atoms with Gasteiger partial charge in [0, 0.05) is 13.1 Å². The third kappa shape index (κ3) is 5.76. The summed E-state index contributed by atoms with van der Waals surface area (Å²) in [6.45, 7) is 8.57. The molecule has 2 aromatic carbocycles. The van der Waals surface area contributed by atoms with Gasteiger partial charge in [0.05, 0.1) is 13.2 Å². The Balaban J connectivity index is 1.12. The molecule has 0 atom stereocenters. The van der Waals surface area contributed by atoms with Gasteiger partial charge in [-0.3, -0.25) is 0 Å². The molecule has 2 heterocycles. The first-order chi connectivity index (χ1) is 16.8. The quantitative estimate of drug-likeness (QED) is 0.486. The highest BCUT2D eigenvalue weighted by atomic mass is 16.5. The Kier molecular flexibility index (Phi) is 8.05. The van der Waals surface area contributed by atoms with Crippen LogP contribution in [0.5, 0.6) is 11.5 Å². The minimum atomic E-state index is -0.626. The number of ether oxygens (including phenoxy) is 2. The monoisotopic (exact) mass is 464 g/mol. The number of benzene rings is 2. The summed E-state index contributed by atoms with van der Waals surface area (Å²) in [6.07, 6.45) is 9.52. The molecule has 1 N–H and O–H groups in total. The van der Waals surface area contributed by atoms with E-state index in [1.54, 1.807) is 0 Å². The summed E-state index contributed by atoms with van der Waals surface area (Å²) in [5.41, 5.74) is 4.07. The van der Waals surface area contributed by atoms with Crippen LogP contribution in [0.4, 0.5) is 0 Å².